The summed E-state index contributed by atoms with van der Waals surface area (Å²) in [4.78, 5) is 11.1. The van der Waals surface area contributed by atoms with Crippen LogP contribution in [0.5, 0.6) is 5.75 Å². The van der Waals surface area contributed by atoms with Crippen molar-refractivity contribution in [1.82, 2.24) is 0 Å². The van der Waals surface area contributed by atoms with Crippen LogP contribution in [0.15, 0.2) is 12.1 Å². The molecule has 0 spiro atoms. The van der Waals surface area contributed by atoms with Crippen molar-refractivity contribution < 1.29 is 27.1 Å². The Morgan fingerprint density at radius 1 is 1.29 bits per heavy atom. The number of hydrogen-bond acceptors (Lipinski definition) is 3. The lowest BCUT2D eigenvalue weighted by Crippen LogP contribution is -2.08. The number of nitrogens with two attached hydrogens (primary N) is 1. The lowest BCUT2D eigenvalue weighted by Gasteiger charge is -2.12. The van der Waals surface area contributed by atoms with Crippen molar-refractivity contribution in [2.24, 2.45) is 0 Å². The van der Waals surface area contributed by atoms with Crippen LogP contribution in [0, 0.1) is 0 Å². The average molecular weight is 251 g/mol. The van der Waals surface area contributed by atoms with E-state index >= 15 is 0 Å². The lowest BCUT2D eigenvalue weighted by molar-refractivity contribution is -0.0495. The number of hydrogen-bond donors (Lipinski definition) is 1. The van der Waals surface area contributed by atoms with Crippen molar-refractivity contribution in [3.05, 3.63) is 23.3 Å². The van der Waals surface area contributed by atoms with Crippen LogP contribution in [0.25, 0.3) is 0 Å². The summed E-state index contributed by atoms with van der Waals surface area (Å²) in [6.45, 7) is -2.10. The normalized spacial score (nSPS) is 11.0. The number of Topliss-reactive ketones (excluding diaryl/α,β-unsaturated/α-hetero) is 1. The number of ether oxygens (including phenoxy) is 1. The Hall–Kier alpha value is -1.79. The minimum Gasteiger partial charge on any atom is -0.433 e. The highest BCUT2D eigenvalue weighted by Gasteiger charge is 2.20. The second-order valence-corrected chi connectivity index (χ2v) is 3.21. The second-order valence-electron chi connectivity index (χ2n) is 3.21. The maximum absolute atomic E-state index is 12.6. The van der Waals surface area contributed by atoms with E-state index in [0.717, 1.165) is 13.0 Å². The standard InChI is InChI=1S/C10H9F4NO2/c1-4(16)5-2-7(15)8(17-10(13)14)3-6(5)9(11)12/h2-3,9-10H,15H2,1H3. The predicted octanol–water partition coefficient (Wildman–Crippen LogP) is 3.01. The van der Waals surface area contributed by atoms with Crippen LogP contribution >= 0.6 is 0 Å². The van der Waals surface area contributed by atoms with Gasteiger partial charge < -0.3 is 10.5 Å². The molecule has 0 radical (unpaired) electrons. The zero-order chi connectivity index (χ0) is 13.2. The average Bonchev–Trinajstić information content (AvgIpc) is 2.19. The molecule has 0 amide bonds. The topological polar surface area (TPSA) is 52.3 Å². The molecule has 17 heavy (non-hydrogen) atoms. The first-order chi connectivity index (χ1) is 7.82. The number of halogens is 4. The monoisotopic (exact) mass is 251 g/mol. The summed E-state index contributed by atoms with van der Waals surface area (Å²) in [6.07, 6.45) is -2.98. The molecule has 0 heterocycles. The molecule has 0 aliphatic rings. The van der Waals surface area contributed by atoms with Crippen molar-refractivity contribution in [3.63, 3.8) is 0 Å². The molecule has 0 saturated carbocycles. The minimum atomic E-state index is -3.17. The van der Waals surface area contributed by atoms with Crippen molar-refractivity contribution in [3.8, 4) is 5.75 Å². The molecule has 1 rings (SSSR count). The molecule has 1 aromatic carbocycles. The zero-order valence-electron chi connectivity index (χ0n) is 8.72. The Labute approximate surface area is 94.2 Å². The van der Waals surface area contributed by atoms with Crippen LogP contribution in [-0.4, -0.2) is 12.4 Å². The van der Waals surface area contributed by atoms with Crippen LogP contribution in [0.4, 0.5) is 23.2 Å². The molecule has 0 saturated heterocycles. The van der Waals surface area contributed by atoms with Gasteiger partial charge in [-0.05, 0) is 19.1 Å². The number of rotatable bonds is 4. The molecule has 0 aliphatic heterocycles. The largest absolute Gasteiger partial charge is 0.433 e. The SMILES string of the molecule is CC(=O)c1cc(N)c(OC(F)F)cc1C(F)F. The van der Waals surface area contributed by atoms with Gasteiger partial charge in [0.05, 0.1) is 5.69 Å². The second kappa shape index (κ2) is 5.03. The first-order valence-corrected chi connectivity index (χ1v) is 4.50. The van der Waals surface area contributed by atoms with Gasteiger partial charge in [-0.15, -0.1) is 0 Å². The molecule has 0 atom stereocenters. The Bertz CT molecular complexity index is 435. The molecular weight excluding hydrogens is 242 g/mol. The van der Waals surface area contributed by atoms with Gasteiger partial charge in [0.15, 0.2) is 5.78 Å². The van der Waals surface area contributed by atoms with Crippen molar-refractivity contribution in [1.29, 1.82) is 0 Å². The molecule has 94 valence electrons. The predicted molar refractivity (Wildman–Crippen MR) is 52.4 cm³/mol. The maximum atomic E-state index is 12.6. The van der Waals surface area contributed by atoms with E-state index in [0.29, 0.717) is 6.07 Å². The van der Waals surface area contributed by atoms with Crippen LogP contribution in [0.2, 0.25) is 0 Å². The van der Waals surface area contributed by atoms with Gasteiger partial charge in [0.25, 0.3) is 6.43 Å². The van der Waals surface area contributed by atoms with E-state index in [1.165, 1.54) is 0 Å². The number of carbonyl (C=O) groups excluding carboxylic acids is 1. The van der Waals surface area contributed by atoms with Crippen LogP contribution in [-0.2, 0) is 0 Å². The molecular formula is C10H9F4NO2. The van der Waals surface area contributed by atoms with Gasteiger partial charge in [-0.2, -0.15) is 8.78 Å². The smallest absolute Gasteiger partial charge is 0.387 e. The highest BCUT2D eigenvalue weighted by Crippen LogP contribution is 2.33. The van der Waals surface area contributed by atoms with E-state index in [1.54, 1.807) is 0 Å². The quantitative estimate of drug-likeness (QED) is 0.508. The summed E-state index contributed by atoms with van der Waals surface area (Å²) in [5.74, 6) is -1.20. The summed E-state index contributed by atoms with van der Waals surface area (Å²) in [5.41, 5.74) is 4.04. The minimum absolute atomic E-state index is 0.292. The summed E-state index contributed by atoms with van der Waals surface area (Å²) in [7, 11) is 0. The number of nitrogen functional groups attached to an aromatic ring is 1. The van der Waals surface area contributed by atoms with Gasteiger partial charge in [-0.1, -0.05) is 0 Å². The number of anilines is 1. The fourth-order valence-electron chi connectivity index (χ4n) is 1.30. The van der Waals surface area contributed by atoms with E-state index in [4.69, 9.17) is 5.73 Å². The Morgan fingerprint density at radius 2 is 1.88 bits per heavy atom. The maximum Gasteiger partial charge on any atom is 0.387 e. The third-order valence-electron chi connectivity index (χ3n) is 2.01. The number of ketones is 1. The highest BCUT2D eigenvalue weighted by molar-refractivity contribution is 5.97. The van der Waals surface area contributed by atoms with Crippen molar-refractivity contribution >= 4 is 11.5 Å². The van der Waals surface area contributed by atoms with Crippen LogP contribution in [0.1, 0.15) is 29.3 Å². The molecule has 0 aliphatic carbocycles. The molecule has 0 bridgehead atoms. The van der Waals surface area contributed by atoms with E-state index in [2.05, 4.69) is 4.74 Å². The van der Waals surface area contributed by atoms with Gasteiger partial charge in [0, 0.05) is 11.1 Å². The molecule has 0 aromatic heterocycles. The third-order valence-corrected chi connectivity index (χ3v) is 2.01. The Kier molecular flexibility index (Phi) is 3.93. The van der Waals surface area contributed by atoms with Gasteiger partial charge in [-0.25, -0.2) is 8.78 Å². The highest BCUT2D eigenvalue weighted by atomic mass is 19.3. The molecule has 1 aromatic rings. The fourth-order valence-corrected chi connectivity index (χ4v) is 1.30. The lowest BCUT2D eigenvalue weighted by atomic mass is 10.0. The van der Waals surface area contributed by atoms with Crippen molar-refractivity contribution in [2.75, 3.05) is 5.73 Å². The molecule has 7 heteroatoms. The summed E-state index contributed by atoms with van der Waals surface area (Å²) in [5, 5.41) is 0. The van der Waals surface area contributed by atoms with Gasteiger partial charge in [0.1, 0.15) is 5.75 Å². The first-order valence-electron chi connectivity index (χ1n) is 4.50. The Balaban J connectivity index is 3.29. The van der Waals surface area contributed by atoms with Gasteiger partial charge in [-0.3, -0.25) is 4.79 Å². The molecule has 0 fully saturated rings. The van der Waals surface area contributed by atoms with E-state index in [1.807, 2.05) is 0 Å². The van der Waals surface area contributed by atoms with E-state index in [-0.39, 0.29) is 11.3 Å². The van der Waals surface area contributed by atoms with Crippen molar-refractivity contribution in [2.45, 2.75) is 20.0 Å². The van der Waals surface area contributed by atoms with Crippen LogP contribution < -0.4 is 10.5 Å². The molecule has 3 nitrogen and oxygen atoms in total. The van der Waals surface area contributed by atoms with E-state index in [9.17, 15) is 22.4 Å². The fraction of sp³-hybridized carbons (Fsp3) is 0.300. The van der Waals surface area contributed by atoms with E-state index < -0.39 is 30.1 Å². The molecule has 2 N–H and O–H groups in total. The summed E-state index contributed by atoms with van der Waals surface area (Å²) in [6, 6.07) is 1.56. The third kappa shape index (κ3) is 3.08. The van der Waals surface area contributed by atoms with Gasteiger partial charge in [0.2, 0.25) is 0 Å². The van der Waals surface area contributed by atoms with Crippen LogP contribution in [0.3, 0.4) is 0 Å². The molecule has 0 unspecified atom stereocenters. The number of alkyl halides is 4. The summed E-state index contributed by atoms with van der Waals surface area (Å²) >= 11 is 0. The number of carbonyl (C=O) groups is 1. The first kappa shape index (κ1) is 13.3. The Morgan fingerprint density at radius 3 is 2.29 bits per heavy atom. The van der Waals surface area contributed by atoms with Gasteiger partial charge >= 0.3 is 6.61 Å². The number of benzene rings is 1. The summed E-state index contributed by atoms with van der Waals surface area (Å²) < 4.78 is 53.1. The zero-order valence-corrected chi connectivity index (χ0v) is 8.72.